The number of furan rings is 1. The molecule has 17 heavy (non-hydrogen) atoms. The number of rotatable bonds is 4. The number of hydrogen-bond donors (Lipinski definition) is 1. The van der Waals surface area contributed by atoms with Gasteiger partial charge in [-0.1, -0.05) is 0 Å². The van der Waals surface area contributed by atoms with Crippen molar-refractivity contribution in [3.05, 3.63) is 28.5 Å². The summed E-state index contributed by atoms with van der Waals surface area (Å²) in [7, 11) is 1.98. The second kappa shape index (κ2) is 4.27. The van der Waals surface area contributed by atoms with Gasteiger partial charge in [-0.25, -0.2) is 4.98 Å². The van der Waals surface area contributed by atoms with E-state index in [1.54, 1.807) is 17.6 Å². The van der Waals surface area contributed by atoms with Gasteiger partial charge in [0.25, 0.3) is 0 Å². The van der Waals surface area contributed by atoms with Gasteiger partial charge in [-0.15, -0.1) is 11.3 Å². The van der Waals surface area contributed by atoms with Crippen LogP contribution in [-0.2, 0) is 6.54 Å². The van der Waals surface area contributed by atoms with E-state index in [1.165, 1.54) is 23.4 Å². The van der Waals surface area contributed by atoms with Gasteiger partial charge in [0.2, 0.25) is 0 Å². The first-order chi connectivity index (χ1) is 8.29. The number of nitrogens with zero attached hydrogens (tertiary/aromatic N) is 1. The van der Waals surface area contributed by atoms with Crippen LogP contribution in [-0.4, -0.2) is 12.0 Å². The molecule has 1 aliphatic carbocycles. The molecular formula is C13H16N2OS. The van der Waals surface area contributed by atoms with E-state index < -0.39 is 0 Å². The van der Waals surface area contributed by atoms with E-state index in [0.29, 0.717) is 5.92 Å². The predicted molar refractivity (Wildman–Crippen MR) is 69.3 cm³/mol. The second-order valence-electron chi connectivity index (χ2n) is 4.56. The highest BCUT2D eigenvalue weighted by atomic mass is 32.1. The Morgan fingerprint density at radius 2 is 2.35 bits per heavy atom. The van der Waals surface area contributed by atoms with Crippen LogP contribution < -0.4 is 5.32 Å². The van der Waals surface area contributed by atoms with E-state index in [1.807, 2.05) is 13.1 Å². The molecule has 3 nitrogen and oxygen atoms in total. The molecule has 0 spiro atoms. The van der Waals surface area contributed by atoms with E-state index in [9.17, 15) is 0 Å². The Balaban J connectivity index is 2.00. The lowest BCUT2D eigenvalue weighted by Crippen LogP contribution is -2.05. The Hall–Kier alpha value is -1.13. The molecule has 0 amide bonds. The van der Waals surface area contributed by atoms with Crippen LogP contribution in [0.1, 0.15) is 34.9 Å². The van der Waals surface area contributed by atoms with Gasteiger partial charge >= 0.3 is 0 Å². The van der Waals surface area contributed by atoms with Crippen molar-refractivity contribution >= 4 is 11.3 Å². The summed E-state index contributed by atoms with van der Waals surface area (Å²) in [6, 6.07) is 1.99. The molecule has 0 radical (unpaired) electrons. The molecule has 0 atom stereocenters. The molecule has 2 aromatic heterocycles. The van der Waals surface area contributed by atoms with Gasteiger partial charge in [0.15, 0.2) is 10.8 Å². The van der Waals surface area contributed by atoms with Crippen LogP contribution in [0, 0.1) is 6.92 Å². The van der Waals surface area contributed by atoms with Crippen LogP contribution in [0.2, 0.25) is 0 Å². The standard InChI is InChI=1S/C13H16N2OS/c1-8-5-6-16-12(8)13-15-11(9-3-4-9)10(17-13)7-14-2/h5-6,9,14H,3-4,7H2,1-2H3. The molecule has 0 bridgehead atoms. The molecule has 1 saturated carbocycles. The van der Waals surface area contributed by atoms with Gasteiger partial charge in [0.1, 0.15) is 0 Å². The van der Waals surface area contributed by atoms with Crippen molar-refractivity contribution in [2.45, 2.75) is 32.2 Å². The zero-order valence-electron chi connectivity index (χ0n) is 10.1. The summed E-state index contributed by atoms with van der Waals surface area (Å²) >= 11 is 1.76. The number of hydrogen-bond acceptors (Lipinski definition) is 4. The van der Waals surface area contributed by atoms with Gasteiger partial charge in [0, 0.05) is 17.3 Å². The largest absolute Gasteiger partial charge is 0.462 e. The molecule has 0 saturated heterocycles. The molecule has 1 N–H and O–H groups in total. The third-order valence-electron chi connectivity index (χ3n) is 3.09. The monoisotopic (exact) mass is 248 g/mol. The molecule has 0 aliphatic heterocycles. The Kier molecular flexibility index (Phi) is 2.76. The Morgan fingerprint density at radius 3 is 2.94 bits per heavy atom. The van der Waals surface area contributed by atoms with E-state index in [2.05, 4.69) is 12.2 Å². The van der Waals surface area contributed by atoms with Crippen LogP contribution in [0.25, 0.3) is 10.8 Å². The molecule has 0 aromatic carbocycles. The maximum atomic E-state index is 5.52. The summed E-state index contributed by atoms with van der Waals surface area (Å²) in [6.07, 6.45) is 4.31. The summed E-state index contributed by atoms with van der Waals surface area (Å²) in [4.78, 5) is 6.14. The Morgan fingerprint density at radius 1 is 1.53 bits per heavy atom. The number of aromatic nitrogens is 1. The zero-order valence-corrected chi connectivity index (χ0v) is 10.9. The lowest BCUT2D eigenvalue weighted by Gasteiger charge is -1.97. The maximum absolute atomic E-state index is 5.52. The van der Waals surface area contributed by atoms with Gasteiger partial charge in [0.05, 0.1) is 12.0 Å². The van der Waals surface area contributed by atoms with Crippen LogP contribution in [0.3, 0.4) is 0 Å². The van der Waals surface area contributed by atoms with E-state index in [4.69, 9.17) is 9.40 Å². The van der Waals surface area contributed by atoms with Crippen molar-refractivity contribution < 1.29 is 4.42 Å². The first-order valence-electron chi connectivity index (χ1n) is 5.98. The highest BCUT2D eigenvalue weighted by Gasteiger charge is 2.30. The fourth-order valence-corrected chi connectivity index (χ4v) is 3.23. The molecule has 2 aromatic rings. The van der Waals surface area contributed by atoms with Crippen LogP contribution in [0.4, 0.5) is 0 Å². The molecule has 4 heteroatoms. The molecule has 1 aliphatic rings. The molecule has 0 unspecified atom stereocenters. The molecule has 2 heterocycles. The van der Waals surface area contributed by atoms with Crippen molar-refractivity contribution in [2.75, 3.05) is 7.05 Å². The van der Waals surface area contributed by atoms with Gasteiger partial charge in [-0.2, -0.15) is 0 Å². The third-order valence-corrected chi connectivity index (χ3v) is 4.16. The SMILES string of the molecule is CNCc1sc(-c2occc2C)nc1C1CC1. The predicted octanol–water partition coefficient (Wildman–Crippen LogP) is 3.31. The summed E-state index contributed by atoms with van der Waals surface area (Å²) < 4.78 is 5.52. The van der Waals surface area contributed by atoms with Crippen LogP contribution in [0.15, 0.2) is 16.7 Å². The van der Waals surface area contributed by atoms with Crippen molar-refractivity contribution in [1.82, 2.24) is 10.3 Å². The minimum atomic E-state index is 0.693. The minimum Gasteiger partial charge on any atom is -0.462 e. The highest BCUT2D eigenvalue weighted by Crippen LogP contribution is 2.44. The average Bonchev–Trinajstić information content (AvgIpc) is 2.94. The van der Waals surface area contributed by atoms with E-state index in [-0.39, 0.29) is 0 Å². The van der Waals surface area contributed by atoms with Crippen LogP contribution >= 0.6 is 11.3 Å². The fourth-order valence-electron chi connectivity index (χ4n) is 2.02. The first kappa shape index (κ1) is 11.0. The van der Waals surface area contributed by atoms with Gasteiger partial charge in [-0.3, -0.25) is 0 Å². The molecular weight excluding hydrogens is 232 g/mol. The van der Waals surface area contributed by atoms with E-state index in [0.717, 1.165) is 22.9 Å². The minimum absolute atomic E-state index is 0.693. The number of thiazole rings is 1. The fraction of sp³-hybridized carbons (Fsp3) is 0.462. The number of aryl methyl sites for hydroxylation is 1. The Labute approximate surface area is 105 Å². The van der Waals surface area contributed by atoms with Gasteiger partial charge < -0.3 is 9.73 Å². The zero-order chi connectivity index (χ0) is 11.8. The molecule has 90 valence electrons. The summed E-state index contributed by atoms with van der Waals surface area (Å²) in [6.45, 7) is 2.97. The van der Waals surface area contributed by atoms with Crippen LogP contribution in [0.5, 0.6) is 0 Å². The van der Waals surface area contributed by atoms with Crippen molar-refractivity contribution in [3.8, 4) is 10.8 Å². The second-order valence-corrected chi connectivity index (χ2v) is 5.65. The number of nitrogens with one attached hydrogen (secondary N) is 1. The normalized spacial score (nSPS) is 15.4. The molecule has 1 fully saturated rings. The topological polar surface area (TPSA) is 38.1 Å². The smallest absolute Gasteiger partial charge is 0.165 e. The first-order valence-corrected chi connectivity index (χ1v) is 6.80. The quantitative estimate of drug-likeness (QED) is 0.902. The lowest BCUT2D eigenvalue weighted by atomic mass is 10.2. The highest BCUT2D eigenvalue weighted by molar-refractivity contribution is 7.15. The summed E-state index contributed by atoms with van der Waals surface area (Å²) in [5.74, 6) is 1.62. The average molecular weight is 248 g/mol. The van der Waals surface area contributed by atoms with Gasteiger partial charge in [-0.05, 0) is 38.4 Å². The summed E-state index contributed by atoms with van der Waals surface area (Å²) in [5, 5.41) is 4.25. The van der Waals surface area contributed by atoms with Crippen molar-refractivity contribution in [2.24, 2.45) is 0 Å². The van der Waals surface area contributed by atoms with E-state index >= 15 is 0 Å². The maximum Gasteiger partial charge on any atom is 0.165 e. The summed E-state index contributed by atoms with van der Waals surface area (Å²) in [5.41, 5.74) is 2.45. The Bertz CT molecular complexity index is 525. The molecule has 3 rings (SSSR count). The lowest BCUT2D eigenvalue weighted by molar-refractivity contribution is 0.580. The van der Waals surface area contributed by atoms with Crippen molar-refractivity contribution in [3.63, 3.8) is 0 Å². The van der Waals surface area contributed by atoms with Crippen molar-refractivity contribution in [1.29, 1.82) is 0 Å². The third kappa shape index (κ3) is 2.03.